The molecule has 698 valence electrons. The van der Waals surface area contributed by atoms with Gasteiger partial charge >= 0.3 is 35.9 Å². The van der Waals surface area contributed by atoms with Crippen molar-refractivity contribution in [2.75, 3.05) is 194 Å². The molecule has 3 aromatic rings. The van der Waals surface area contributed by atoms with E-state index in [2.05, 4.69) is 77.8 Å². The lowest BCUT2D eigenvalue weighted by Crippen LogP contribution is -2.61. The third-order valence-electron chi connectivity index (χ3n) is 19.9. The van der Waals surface area contributed by atoms with Crippen molar-refractivity contribution in [2.45, 2.75) is 213 Å². The molecule has 0 bridgehead atoms. The molecule has 46 heteroatoms. The minimum absolute atomic E-state index is 0.0353. The number of urea groups is 3. The average molecular weight is 1760 g/mol. The van der Waals surface area contributed by atoms with Gasteiger partial charge in [0.2, 0.25) is 0 Å². The summed E-state index contributed by atoms with van der Waals surface area (Å²) in [7, 11) is 0. The Morgan fingerprint density at radius 3 is 0.844 bits per heavy atom. The molecule has 40 nitrogen and oxygen atoms in total. The van der Waals surface area contributed by atoms with Crippen LogP contribution in [-0.4, -0.2) is 369 Å². The van der Waals surface area contributed by atoms with Gasteiger partial charge in [-0.15, -0.1) is 0 Å². The van der Waals surface area contributed by atoms with Crippen molar-refractivity contribution in [2.24, 2.45) is 5.73 Å². The van der Waals surface area contributed by atoms with Crippen LogP contribution in [0, 0.1) is 0 Å². The zero-order valence-electron chi connectivity index (χ0n) is 69.4. The number of anilines is 3. The molecule has 3 saturated heterocycles. The Bertz CT molecular complexity index is 3050. The van der Waals surface area contributed by atoms with Gasteiger partial charge in [0.25, 0.3) is 0 Å². The number of alkyl halides is 6. The Labute approximate surface area is 704 Å². The lowest BCUT2D eigenvalue weighted by atomic mass is 9.85. The number of rotatable bonds is 63. The first kappa shape index (κ1) is 104. The maximum absolute atomic E-state index is 15.2. The molecule has 15 atom stereocenters. The maximum atomic E-state index is 15.2. The molecule has 3 fully saturated rings. The number of nitrogens with two attached hydrogens (primary N) is 1. The fraction of sp³-hybridized carbons (Fsp3) is 0.803. The fourth-order valence-electron chi connectivity index (χ4n) is 13.4. The summed E-state index contributed by atoms with van der Waals surface area (Å²) in [6.45, 7) is 2.55. The van der Waals surface area contributed by atoms with E-state index in [1.165, 1.54) is 18.6 Å². The normalized spacial score (nSPS) is 23.4. The summed E-state index contributed by atoms with van der Waals surface area (Å²) in [4.78, 5) is 61.6. The number of nitrogens with zero attached hydrogens (tertiary/aromatic N) is 6. The summed E-state index contributed by atoms with van der Waals surface area (Å²) in [5.41, 5.74) is 4.10. The second-order valence-electron chi connectivity index (χ2n) is 29.5. The van der Waals surface area contributed by atoms with Crippen LogP contribution < -0.4 is 53.6 Å². The van der Waals surface area contributed by atoms with Crippen LogP contribution in [-0.2, 0) is 74.6 Å². The zero-order chi connectivity index (χ0) is 88.8. The van der Waals surface area contributed by atoms with Crippen LogP contribution in [0.2, 0.25) is 0 Å². The maximum Gasteiger partial charge on any atom is 0.314 e. The highest BCUT2D eigenvalue weighted by atomic mass is 19.3. The Morgan fingerprint density at radius 1 is 0.361 bits per heavy atom. The Kier molecular flexibility index (Phi) is 47.9. The number of hydrogen-bond acceptors (Lipinski definition) is 34. The molecular weight excluding hydrogens is 1630 g/mol. The molecule has 0 aromatic carbocycles. The van der Waals surface area contributed by atoms with Crippen molar-refractivity contribution in [1.82, 2.24) is 61.8 Å². The van der Waals surface area contributed by atoms with Crippen LogP contribution in [0.25, 0.3) is 0 Å². The number of aliphatic hydroxyl groups is 9. The molecule has 0 aliphatic carbocycles. The van der Waals surface area contributed by atoms with Gasteiger partial charge in [0, 0.05) is 44.8 Å². The number of nitrogens with one attached hydrogen (secondary N) is 9. The van der Waals surface area contributed by atoms with Crippen molar-refractivity contribution in [1.29, 1.82) is 0 Å². The lowest BCUT2D eigenvalue weighted by molar-refractivity contribution is -0.186. The number of hydrogen-bond donors (Lipinski definition) is 19. The van der Waals surface area contributed by atoms with Gasteiger partial charge in [-0.25, -0.2) is 29.3 Å². The Morgan fingerprint density at radius 2 is 0.598 bits per heavy atom. The predicted molar refractivity (Wildman–Crippen MR) is 424 cm³/mol. The predicted octanol–water partition coefficient (Wildman–Crippen LogP) is 0.00380. The highest BCUT2D eigenvalue weighted by Gasteiger charge is 2.48. The van der Waals surface area contributed by atoms with Crippen LogP contribution in [0.15, 0.2) is 37.2 Å². The third-order valence-corrected chi connectivity index (χ3v) is 19.9. The molecule has 3 aliphatic heterocycles. The molecule has 6 rings (SSSR count). The van der Waals surface area contributed by atoms with E-state index in [1.807, 2.05) is 20.8 Å². The van der Waals surface area contributed by atoms with E-state index < -0.39 is 189 Å². The molecule has 3 aliphatic rings. The molecule has 0 unspecified atom stereocenters. The van der Waals surface area contributed by atoms with Crippen LogP contribution in [0.1, 0.15) is 115 Å². The molecule has 6 amide bonds. The molecule has 0 spiro atoms. The van der Waals surface area contributed by atoms with Crippen LogP contribution in [0.5, 0.6) is 0 Å². The average Bonchev–Trinajstić information content (AvgIpc) is 0.804. The second-order valence-corrected chi connectivity index (χ2v) is 29.5. The van der Waals surface area contributed by atoms with Crippen molar-refractivity contribution in [3.05, 3.63) is 54.3 Å². The highest BCUT2D eigenvalue weighted by molar-refractivity contribution is 5.74. The van der Waals surface area contributed by atoms with E-state index in [4.69, 9.17) is 62.6 Å². The minimum Gasteiger partial charge on any atom is -0.394 e. The van der Waals surface area contributed by atoms with Gasteiger partial charge in [-0.3, -0.25) is 15.0 Å². The first-order valence-electron chi connectivity index (χ1n) is 41.4. The Balaban J connectivity index is 0.824. The summed E-state index contributed by atoms with van der Waals surface area (Å²) >= 11 is 0. The summed E-state index contributed by atoms with van der Waals surface area (Å²) in [5, 5.41) is 117. The first-order chi connectivity index (χ1) is 58.6. The second kappa shape index (κ2) is 56.3. The van der Waals surface area contributed by atoms with Gasteiger partial charge in [-0.1, -0.05) is 40.0 Å². The molecule has 0 radical (unpaired) electrons. The van der Waals surface area contributed by atoms with Gasteiger partial charge in [-0.2, -0.15) is 26.3 Å². The number of carbonyl (C=O) groups is 3. The number of ether oxygens (including phenoxy) is 12. The van der Waals surface area contributed by atoms with Crippen LogP contribution in [0.3, 0.4) is 0 Å². The summed E-state index contributed by atoms with van der Waals surface area (Å²) < 4.78 is 157. The monoisotopic (exact) mass is 1760 g/mol. The van der Waals surface area contributed by atoms with Crippen LogP contribution >= 0.6 is 0 Å². The smallest absolute Gasteiger partial charge is 0.314 e. The van der Waals surface area contributed by atoms with Crippen molar-refractivity contribution < 1.29 is 144 Å². The molecule has 3 aromatic heterocycles. The van der Waals surface area contributed by atoms with E-state index in [0.29, 0.717) is 77.0 Å². The van der Waals surface area contributed by atoms with Crippen molar-refractivity contribution in [3.8, 4) is 0 Å². The summed E-state index contributed by atoms with van der Waals surface area (Å²) in [6, 6.07) is -4.17. The number of halogens is 6. The number of aromatic nitrogens is 6. The molecular formula is C76H128F6N16O24. The van der Waals surface area contributed by atoms with Gasteiger partial charge in [0.15, 0.2) is 0 Å². The van der Waals surface area contributed by atoms with Crippen molar-refractivity contribution >= 4 is 35.5 Å². The number of carbonyl (C=O) groups excluding carboxylic acids is 3. The molecule has 0 saturated carbocycles. The summed E-state index contributed by atoms with van der Waals surface area (Å²) in [5.74, 6) is -10.9. The lowest BCUT2D eigenvalue weighted by Gasteiger charge is -2.43. The van der Waals surface area contributed by atoms with Crippen molar-refractivity contribution in [3.63, 3.8) is 0 Å². The summed E-state index contributed by atoms with van der Waals surface area (Å²) in [6.07, 6.45) is -1.28. The molecule has 6 heterocycles. The van der Waals surface area contributed by atoms with E-state index in [0.717, 1.165) is 18.6 Å². The van der Waals surface area contributed by atoms with E-state index >= 15 is 26.3 Å². The third kappa shape index (κ3) is 36.6. The SMILES string of the molecule is CCC[C@H]1O[C@H](CO)[C@H](O)[C@H](O)[C@H]1Nc1cncc(C(F)(F)COCCOCCOCCNC(=O)NCCCC(N)(CCCNC(=O)NCCOCCOCCOCC(F)(F)c2cncc(N[C@@H]3[C@@H](O)[C@@H](O)[C@@H](CO)O[C@@H]3CCC)n2)CCCNC(=O)NCCOCCOCCOCC(F)(F)c2cncc(N[C@@H]3[C@@H](O)[C@@H](O)[C@@H](CO)O[C@@H]3CCC)n2)n1. The standard InChI is InChI=1S/C76H128F6N16O24/c1-4-10-49-61(67(105)64(102)52(43-99)120-49)96-58-40-84-37-55(93-58)74(77,78)46-117-34-31-114-28-25-111-22-19-90-70(108)87-16-7-13-73(83,14-8-17-88-71(109)91-20-23-112-26-29-115-32-35-118-47-75(79,80)56-38-85-41-59(94-56)97-62-50(11-5-2)121-53(44-100)65(103)68(62)106)15-9-18-89-72(110)92-21-24-113-27-30-116-33-36-119-48-76(81,82)57-39-86-42-60(95-57)98-63-51(12-6-3)122-54(45-101)66(104)69(63)107/h37-42,49-54,61-69,99-107H,4-36,43-48,83H2,1-3H3,(H,93,96)(H,94,97)(H,95,98)(H2,87,90,108)(H2,88,91,109)(H2,89,92,110)/t49-,50-,51-,52-,53-,54-,61+,62+,63+,64+,65+,66+,67-,68-,69-/m1/s1. The minimum atomic E-state index is -3.56. The number of amides is 6. The van der Waals surface area contributed by atoms with Gasteiger partial charge in [0.05, 0.1) is 193 Å². The van der Waals surface area contributed by atoms with E-state index in [1.54, 1.807) is 0 Å². The van der Waals surface area contributed by atoms with Gasteiger partial charge < -0.3 is 156 Å². The van der Waals surface area contributed by atoms with E-state index in [9.17, 15) is 60.3 Å². The zero-order valence-corrected chi connectivity index (χ0v) is 69.4. The molecule has 20 N–H and O–H groups in total. The number of aliphatic hydroxyl groups excluding tert-OH is 9. The fourth-order valence-corrected chi connectivity index (χ4v) is 13.4. The van der Waals surface area contributed by atoms with Gasteiger partial charge in [-0.05, 0) is 57.8 Å². The highest BCUT2D eigenvalue weighted by Crippen LogP contribution is 2.34. The van der Waals surface area contributed by atoms with Crippen LogP contribution in [0.4, 0.5) is 58.2 Å². The quantitative estimate of drug-likeness (QED) is 0.0261. The largest absolute Gasteiger partial charge is 0.394 e. The molecule has 122 heavy (non-hydrogen) atoms. The first-order valence-corrected chi connectivity index (χ1v) is 41.4. The topological polar surface area (TPSA) is 556 Å². The Hall–Kier alpha value is -6.85. The van der Waals surface area contributed by atoms with Gasteiger partial charge in [0.1, 0.15) is 109 Å². The van der Waals surface area contributed by atoms with E-state index in [-0.39, 0.29) is 156 Å².